The molecule has 0 bridgehead atoms. The van der Waals surface area contributed by atoms with Crippen LogP contribution in [0.4, 0.5) is 4.39 Å². The van der Waals surface area contributed by atoms with Gasteiger partial charge in [0.15, 0.2) is 5.76 Å². The zero-order valence-electron chi connectivity index (χ0n) is 9.17. The third kappa shape index (κ3) is 2.56. The maximum atomic E-state index is 12.8. The highest BCUT2D eigenvalue weighted by atomic mass is 35.5. The van der Waals surface area contributed by atoms with Gasteiger partial charge in [0.25, 0.3) is 0 Å². The van der Waals surface area contributed by atoms with Crippen LogP contribution in [0.1, 0.15) is 21.7 Å². The molecule has 17 heavy (non-hydrogen) atoms. The van der Waals surface area contributed by atoms with Crippen LogP contribution in [0.15, 0.2) is 34.9 Å². The summed E-state index contributed by atoms with van der Waals surface area (Å²) in [7, 11) is 0. The molecule has 2 rings (SSSR count). The third-order valence-electron chi connectivity index (χ3n) is 2.48. The van der Waals surface area contributed by atoms with Gasteiger partial charge in [0.05, 0.1) is 6.26 Å². The van der Waals surface area contributed by atoms with Crippen molar-refractivity contribution >= 4 is 17.4 Å². The van der Waals surface area contributed by atoms with E-state index in [2.05, 4.69) is 0 Å². The summed E-state index contributed by atoms with van der Waals surface area (Å²) in [5.74, 6) is -0.258. The molecule has 0 N–H and O–H groups in total. The number of furan rings is 1. The third-order valence-corrected chi connectivity index (χ3v) is 2.83. The molecule has 0 saturated carbocycles. The van der Waals surface area contributed by atoms with Crippen molar-refractivity contribution in [2.24, 2.45) is 0 Å². The van der Waals surface area contributed by atoms with Crippen molar-refractivity contribution in [2.75, 3.05) is 0 Å². The predicted molar refractivity (Wildman–Crippen MR) is 62.9 cm³/mol. The van der Waals surface area contributed by atoms with E-state index in [-0.39, 0.29) is 17.2 Å². The fourth-order valence-electron chi connectivity index (χ4n) is 1.58. The van der Waals surface area contributed by atoms with Crippen molar-refractivity contribution in [1.82, 2.24) is 0 Å². The summed E-state index contributed by atoms with van der Waals surface area (Å²) in [5.41, 5.74) is 1.38. The van der Waals surface area contributed by atoms with Crippen LogP contribution in [0.2, 0.25) is 5.02 Å². The topological polar surface area (TPSA) is 30.2 Å². The molecule has 1 aromatic heterocycles. The molecule has 1 heterocycles. The Labute approximate surface area is 103 Å². The Morgan fingerprint density at radius 1 is 1.41 bits per heavy atom. The predicted octanol–water partition coefficient (Wildman–Crippen LogP) is 3.81. The summed E-state index contributed by atoms with van der Waals surface area (Å²) in [6, 6.07) is 5.70. The second-order valence-electron chi connectivity index (χ2n) is 3.77. The molecule has 2 nitrogen and oxygen atoms in total. The van der Waals surface area contributed by atoms with Crippen molar-refractivity contribution in [3.05, 3.63) is 58.3 Å². The number of benzene rings is 1. The highest BCUT2D eigenvalue weighted by Gasteiger charge is 2.15. The molecule has 0 aliphatic heterocycles. The number of ketones is 1. The average Bonchev–Trinajstić information content (AvgIpc) is 2.68. The largest absolute Gasteiger partial charge is 0.461 e. The number of hydrogen-bond acceptors (Lipinski definition) is 2. The number of aryl methyl sites for hydroxylation is 1. The maximum absolute atomic E-state index is 12.8. The van der Waals surface area contributed by atoms with Crippen LogP contribution < -0.4 is 0 Å². The molecule has 2 aromatic rings. The molecule has 0 fully saturated rings. The molecule has 0 aliphatic carbocycles. The van der Waals surface area contributed by atoms with Gasteiger partial charge in [-0.3, -0.25) is 4.79 Å². The molecule has 4 heteroatoms. The summed E-state index contributed by atoms with van der Waals surface area (Å²) in [5, 5.41) is 0.252. The smallest absolute Gasteiger partial charge is 0.202 e. The number of carbonyl (C=O) groups excluding carboxylic acids is 1. The van der Waals surface area contributed by atoms with Crippen molar-refractivity contribution in [1.29, 1.82) is 0 Å². The van der Waals surface area contributed by atoms with Gasteiger partial charge in [-0.1, -0.05) is 17.7 Å². The zero-order valence-corrected chi connectivity index (χ0v) is 9.92. The first-order valence-corrected chi connectivity index (χ1v) is 5.47. The van der Waals surface area contributed by atoms with Gasteiger partial charge in [-0.05, 0) is 36.2 Å². The van der Waals surface area contributed by atoms with Gasteiger partial charge in [0.2, 0.25) is 5.78 Å². The molecule has 0 atom stereocenters. The van der Waals surface area contributed by atoms with E-state index in [1.807, 2.05) is 0 Å². The molecular weight excluding hydrogens is 243 g/mol. The normalized spacial score (nSPS) is 10.5. The molecule has 0 radical (unpaired) electrons. The van der Waals surface area contributed by atoms with Crippen LogP contribution in [0.25, 0.3) is 0 Å². The molecule has 0 saturated heterocycles. The van der Waals surface area contributed by atoms with Gasteiger partial charge in [-0.15, -0.1) is 0 Å². The lowest BCUT2D eigenvalue weighted by Gasteiger charge is -2.03. The molecule has 0 amide bonds. The summed E-state index contributed by atoms with van der Waals surface area (Å²) in [6.07, 6.45) is 1.57. The first-order valence-electron chi connectivity index (χ1n) is 5.09. The van der Waals surface area contributed by atoms with Crippen LogP contribution in [-0.4, -0.2) is 5.78 Å². The van der Waals surface area contributed by atoms with Crippen molar-refractivity contribution < 1.29 is 13.6 Å². The highest BCUT2D eigenvalue weighted by molar-refractivity contribution is 6.31. The van der Waals surface area contributed by atoms with Gasteiger partial charge >= 0.3 is 0 Å². The molecular formula is C13H10ClFO2. The SMILES string of the molecule is Cc1ccoc1C(=O)Cc1ccc(F)cc1Cl. The average molecular weight is 253 g/mol. The lowest BCUT2D eigenvalue weighted by atomic mass is 10.1. The Bertz CT molecular complexity index is 560. The molecule has 0 spiro atoms. The van der Waals surface area contributed by atoms with Crippen LogP contribution >= 0.6 is 11.6 Å². The minimum absolute atomic E-state index is 0.105. The van der Waals surface area contributed by atoms with E-state index in [9.17, 15) is 9.18 Å². The van der Waals surface area contributed by atoms with Gasteiger partial charge in [-0.2, -0.15) is 0 Å². The van der Waals surface area contributed by atoms with E-state index in [1.54, 1.807) is 13.0 Å². The Kier molecular flexibility index (Phi) is 3.29. The Balaban J connectivity index is 2.22. The van der Waals surface area contributed by atoms with E-state index in [1.165, 1.54) is 24.5 Å². The first-order chi connectivity index (χ1) is 8.08. The summed E-state index contributed by atoms with van der Waals surface area (Å²) in [4.78, 5) is 11.9. The molecule has 0 aliphatic rings. The minimum Gasteiger partial charge on any atom is -0.461 e. The van der Waals surface area contributed by atoms with E-state index < -0.39 is 5.82 Å². The van der Waals surface area contributed by atoms with Crippen LogP contribution in [0, 0.1) is 12.7 Å². The first kappa shape index (κ1) is 11.9. The molecule has 1 aromatic carbocycles. The van der Waals surface area contributed by atoms with E-state index in [0.717, 1.165) is 5.56 Å². The van der Waals surface area contributed by atoms with Crippen molar-refractivity contribution in [3.8, 4) is 0 Å². The molecule has 0 unspecified atom stereocenters. The van der Waals surface area contributed by atoms with Gasteiger partial charge < -0.3 is 4.42 Å². The Morgan fingerprint density at radius 2 is 2.18 bits per heavy atom. The van der Waals surface area contributed by atoms with Crippen molar-refractivity contribution in [3.63, 3.8) is 0 Å². The fraction of sp³-hybridized carbons (Fsp3) is 0.154. The zero-order chi connectivity index (χ0) is 12.4. The number of rotatable bonds is 3. The van der Waals surface area contributed by atoms with E-state index in [4.69, 9.17) is 16.0 Å². The summed E-state index contributed by atoms with van der Waals surface area (Å²) in [6.45, 7) is 1.79. The standard InChI is InChI=1S/C13H10ClFO2/c1-8-4-5-17-13(8)12(16)6-9-2-3-10(15)7-11(9)14/h2-5,7H,6H2,1H3. The summed E-state index contributed by atoms with van der Waals surface area (Å²) < 4.78 is 17.9. The number of halogens is 2. The fourth-order valence-corrected chi connectivity index (χ4v) is 1.81. The van der Waals surface area contributed by atoms with Crippen LogP contribution in [-0.2, 0) is 6.42 Å². The summed E-state index contributed by atoms with van der Waals surface area (Å²) >= 11 is 5.85. The van der Waals surface area contributed by atoms with Crippen LogP contribution in [0.5, 0.6) is 0 Å². The van der Waals surface area contributed by atoms with Gasteiger partial charge in [0.1, 0.15) is 5.82 Å². The van der Waals surface area contributed by atoms with E-state index >= 15 is 0 Å². The quantitative estimate of drug-likeness (QED) is 0.778. The lowest BCUT2D eigenvalue weighted by Crippen LogP contribution is -2.04. The van der Waals surface area contributed by atoms with Crippen molar-refractivity contribution in [2.45, 2.75) is 13.3 Å². The lowest BCUT2D eigenvalue weighted by molar-refractivity contribution is 0.0965. The maximum Gasteiger partial charge on any atom is 0.202 e. The van der Waals surface area contributed by atoms with E-state index in [0.29, 0.717) is 11.3 Å². The second-order valence-corrected chi connectivity index (χ2v) is 4.18. The second kappa shape index (κ2) is 4.72. The monoisotopic (exact) mass is 252 g/mol. The Morgan fingerprint density at radius 3 is 2.76 bits per heavy atom. The van der Waals surface area contributed by atoms with Gasteiger partial charge in [-0.25, -0.2) is 4.39 Å². The van der Waals surface area contributed by atoms with Crippen LogP contribution in [0.3, 0.4) is 0 Å². The minimum atomic E-state index is -0.416. The number of Topliss-reactive ketones (excluding diaryl/α,β-unsaturated/α-hetero) is 1. The number of carbonyl (C=O) groups is 1. The Hall–Kier alpha value is -1.61. The highest BCUT2D eigenvalue weighted by Crippen LogP contribution is 2.20. The number of hydrogen-bond donors (Lipinski definition) is 0. The van der Waals surface area contributed by atoms with Gasteiger partial charge in [0, 0.05) is 11.4 Å². The molecule has 88 valence electrons.